The molecule has 1 amide bonds. The number of ether oxygens (including phenoxy) is 2. The lowest BCUT2D eigenvalue weighted by Crippen LogP contribution is -2.60. The first-order valence-corrected chi connectivity index (χ1v) is 30.7. The van der Waals surface area contributed by atoms with E-state index >= 15 is 0 Å². The number of hydrogen-bond donors (Lipinski definition) is 6. The molecule has 1 saturated heterocycles. The van der Waals surface area contributed by atoms with Gasteiger partial charge in [-0.1, -0.05) is 269 Å². The summed E-state index contributed by atoms with van der Waals surface area (Å²) in [6.45, 7) is 3.76. The van der Waals surface area contributed by atoms with Gasteiger partial charge in [0.05, 0.1) is 25.4 Å². The Morgan fingerprint density at radius 2 is 0.803 bits per heavy atom. The summed E-state index contributed by atoms with van der Waals surface area (Å²) in [4.78, 5) is 13.0. The molecule has 1 heterocycles. The van der Waals surface area contributed by atoms with Crippen LogP contribution in [0.25, 0.3) is 0 Å². The van der Waals surface area contributed by atoms with Crippen molar-refractivity contribution in [3.8, 4) is 0 Å². The summed E-state index contributed by atoms with van der Waals surface area (Å²) in [6, 6.07) is -0.819. The third-order valence-electron chi connectivity index (χ3n) is 14.7. The van der Waals surface area contributed by atoms with Gasteiger partial charge in [0.25, 0.3) is 0 Å². The van der Waals surface area contributed by atoms with E-state index in [9.17, 15) is 30.3 Å². The standard InChI is InChI=1S/C62H117NO8/c1-3-5-7-9-11-13-15-16-17-18-19-20-21-22-23-24-25-26-27-28-29-30-31-32-33-34-35-36-37-38-39-40-42-44-46-48-50-52-58(66)63-55(54-70-62-61(69)60(68)59(67)57(53-64)71-62)56(65)51-49-47-45-43-41-14-12-10-8-6-4-2/h26-27,41,43,49,51,55-57,59-62,64-65,67-69H,3-25,28-40,42,44-48,50,52-54H2,1-2H3,(H,63,66)/b27-26-,43-41+,51-49+. The quantitative estimate of drug-likeness (QED) is 0.0261. The van der Waals surface area contributed by atoms with Gasteiger partial charge in [0.1, 0.15) is 24.4 Å². The first kappa shape index (κ1) is 67.4. The van der Waals surface area contributed by atoms with Crippen LogP contribution in [0.15, 0.2) is 36.5 Å². The van der Waals surface area contributed by atoms with Crippen LogP contribution in [-0.4, -0.2) is 87.5 Å². The first-order chi connectivity index (χ1) is 34.8. The van der Waals surface area contributed by atoms with Crippen LogP contribution < -0.4 is 5.32 Å². The van der Waals surface area contributed by atoms with Crippen LogP contribution >= 0.6 is 0 Å². The number of hydrogen-bond acceptors (Lipinski definition) is 8. The molecule has 7 unspecified atom stereocenters. The highest BCUT2D eigenvalue weighted by atomic mass is 16.7. The minimum Gasteiger partial charge on any atom is -0.394 e. The SMILES string of the molecule is CCCCCCC/C=C/CC/C=C/C(O)C(COC1OC(CO)C(O)C(O)C1O)NC(=O)CCCCCCCCCCCCCCCCCCC/C=C\CCCCCCCCCCCCCCCCCC. The first-order valence-electron chi connectivity index (χ1n) is 30.7. The number of unbranched alkanes of at least 4 members (excludes halogenated alkanes) is 39. The Labute approximate surface area is 438 Å². The predicted molar refractivity (Wildman–Crippen MR) is 300 cm³/mol. The van der Waals surface area contributed by atoms with E-state index in [1.165, 1.54) is 238 Å². The molecule has 0 aliphatic carbocycles. The molecule has 6 N–H and O–H groups in total. The normalized spacial score (nSPS) is 19.5. The fourth-order valence-electron chi connectivity index (χ4n) is 9.82. The summed E-state index contributed by atoms with van der Waals surface area (Å²) in [5, 5.41) is 54.3. The largest absolute Gasteiger partial charge is 0.394 e. The molecular formula is C62H117NO8. The smallest absolute Gasteiger partial charge is 0.220 e. The summed E-state index contributed by atoms with van der Waals surface area (Å²) in [6.07, 6.45) is 61.2. The summed E-state index contributed by atoms with van der Waals surface area (Å²) < 4.78 is 11.2. The number of rotatable bonds is 53. The van der Waals surface area contributed by atoms with Crippen molar-refractivity contribution in [1.82, 2.24) is 5.32 Å². The molecule has 1 aliphatic rings. The summed E-state index contributed by atoms with van der Waals surface area (Å²) >= 11 is 0. The Kier molecular flexibility index (Phi) is 49.3. The van der Waals surface area contributed by atoms with Crippen molar-refractivity contribution in [3.63, 3.8) is 0 Å². The van der Waals surface area contributed by atoms with Gasteiger partial charge in [0, 0.05) is 6.42 Å². The van der Waals surface area contributed by atoms with Gasteiger partial charge in [0.15, 0.2) is 6.29 Å². The zero-order valence-corrected chi connectivity index (χ0v) is 46.5. The Hall–Kier alpha value is -1.59. The van der Waals surface area contributed by atoms with Gasteiger partial charge in [-0.3, -0.25) is 4.79 Å². The minimum atomic E-state index is -1.57. The van der Waals surface area contributed by atoms with Crippen LogP contribution in [0, 0.1) is 0 Å². The number of amides is 1. The van der Waals surface area contributed by atoms with Crippen molar-refractivity contribution >= 4 is 5.91 Å². The minimum absolute atomic E-state index is 0.185. The molecule has 0 spiro atoms. The van der Waals surface area contributed by atoms with E-state index in [4.69, 9.17) is 9.47 Å². The molecule has 418 valence electrons. The summed E-state index contributed by atoms with van der Waals surface area (Å²) in [5.41, 5.74) is 0. The van der Waals surface area contributed by atoms with Crippen molar-refractivity contribution in [1.29, 1.82) is 0 Å². The van der Waals surface area contributed by atoms with Gasteiger partial charge >= 0.3 is 0 Å². The maximum atomic E-state index is 13.0. The lowest BCUT2D eigenvalue weighted by Gasteiger charge is -2.40. The number of nitrogens with one attached hydrogen (secondary N) is 1. The van der Waals surface area contributed by atoms with Crippen LogP contribution in [0.5, 0.6) is 0 Å². The Bertz CT molecular complexity index is 1210. The number of allylic oxidation sites excluding steroid dienone is 5. The maximum absolute atomic E-state index is 13.0. The van der Waals surface area contributed by atoms with E-state index in [0.29, 0.717) is 6.42 Å². The second kappa shape index (κ2) is 51.9. The van der Waals surface area contributed by atoms with Crippen LogP contribution in [0.1, 0.15) is 296 Å². The fourth-order valence-corrected chi connectivity index (χ4v) is 9.82. The number of aliphatic hydroxyl groups is 5. The number of carbonyl (C=O) groups excluding carboxylic acids is 1. The molecule has 1 aliphatic heterocycles. The van der Waals surface area contributed by atoms with Gasteiger partial charge < -0.3 is 40.3 Å². The van der Waals surface area contributed by atoms with Gasteiger partial charge in [-0.05, 0) is 57.8 Å². The number of aliphatic hydroxyl groups excluding tert-OH is 5. The van der Waals surface area contributed by atoms with Crippen molar-refractivity contribution in [2.24, 2.45) is 0 Å². The highest BCUT2D eigenvalue weighted by molar-refractivity contribution is 5.76. The van der Waals surface area contributed by atoms with Crippen molar-refractivity contribution in [2.45, 2.75) is 339 Å². The summed E-state index contributed by atoms with van der Waals surface area (Å²) in [5.74, 6) is -0.185. The molecule has 0 bridgehead atoms. The molecular weight excluding hydrogens is 887 g/mol. The van der Waals surface area contributed by atoms with Crippen molar-refractivity contribution < 1.29 is 39.8 Å². The average molecular weight is 1000 g/mol. The maximum Gasteiger partial charge on any atom is 0.220 e. The molecule has 1 fully saturated rings. The van der Waals surface area contributed by atoms with E-state index in [1.807, 2.05) is 6.08 Å². The van der Waals surface area contributed by atoms with E-state index in [1.54, 1.807) is 6.08 Å². The van der Waals surface area contributed by atoms with Crippen LogP contribution in [-0.2, 0) is 14.3 Å². The molecule has 7 atom stereocenters. The third kappa shape index (κ3) is 41.4. The molecule has 9 heteroatoms. The van der Waals surface area contributed by atoms with Gasteiger partial charge in [-0.25, -0.2) is 0 Å². The Balaban J connectivity index is 2.04. The second-order valence-corrected chi connectivity index (χ2v) is 21.5. The Morgan fingerprint density at radius 3 is 1.18 bits per heavy atom. The molecule has 71 heavy (non-hydrogen) atoms. The van der Waals surface area contributed by atoms with E-state index in [0.717, 1.165) is 38.5 Å². The highest BCUT2D eigenvalue weighted by Crippen LogP contribution is 2.23. The van der Waals surface area contributed by atoms with E-state index < -0.39 is 49.5 Å². The number of carbonyl (C=O) groups is 1. The fraction of sp³-hybridized carbons (Fsp3) is 0.887. The topological polar surface area (TPSA) is 149 Å². The van der Waals surface area contributed by atoms with Gasteiger partial charge in [-0.2, -0.15) is 0 Å². The lowest BCUT2D eigenvalue weighted by atomic mass is 9.99. The molecule has 0 saturated carbocycles. The summed E-state index contributed by atoms with van der Waals surface area (Å²) in [7, 11) is 0. The zero-order chi connectivity index (χ0) is 51.5. The van der Waals surface area contributed by atoms with E-state index in [-0.39, 0.29) is 12.5 Å². The highest BCUT2D eigenvalue weighted by Gasteiger charge is 2.44. The lowest BCUT2D eigenvalue weighted by molar-refractivity contribution is -0.302. The zero-order valence-electron chi connectivity index (χ0n) is 46.5. The third-order valence-corrected chi connectivity index (χ3v) is 14.7. The van der Waals surface area contributed by atoms with Crippen LogP contribution in [0.4, 0.5) is 0 Å². The van der Waals surface area contributed by atoms with Crippen LogP contribution in [0.3, 0.4) is 0 Å². The Morgan fingerprint density at radius 1 is 0.465 bits per heavy atom. The van der Waals surface area contributed by atoms with E-state index in [2.05, 4.69) is 43.5 Å². The van der Waals surface area contributed by atoms with Gasteiger partial charge in [-0.15, -0.1) is 0 Å². The van der Waals surface area contributed by atoms with Gasteiger partial charge in [0.2, 0.25) is 5.91 Å². The van der Waals surface area contributed by atoms with Crippen LogP contribution in [0.2, 0.25) is 0 Å². The monoisotopic (exact) mass is 1000 g/mol. The predicted octanol–water partition coefficient (Wildman–Crippen LogP) is 15.5. The molecule has 0 aromatic heterocycles. The average Bonchev–Trinajstić information content (AvgIpc) is 3.37. The second-order valence-electron chi connectivity index (χ2n) is 21.5. The molecule has 0 aromatic carbocycles. The molecule has 0 aromatic rings. The molecule has 9 nitrogen and oxygen atoms in total. The molecule has 0 radical (unpaired) electrons. The van der Waals surface area contributed by atoms with Crippen molar-refractivity contribution in [3.05, 3.63) is 36.5 Å². The van der Waals surface area contributed by atoms with Crippen molar-refractivity contribution in [2.75, 3.05) is 13.2 Å². The molecule has 1 rings (SSSR count).